The van der Waals surface area contributed by atoms with Gasteiger partial charge in [-0.3, -0.25) is 14.9 Å². The highest BCUT2D eigenvalue weighted by molar-refractivity contribution is 6.69. The molecule has 0 fully saturated rings. The quantitative estimate of drug-likeness (QED) is 0.356. The van der Waals surface area contributed by atoms with Gasteiger partial charge >= 0.3 is 0 Å². The summed E-state index contributed by atoms with van der Waals surface area (Å²) in [5.74, 6) is 0. The van der Waals surface area contributed by atoms with E-state index < -0.39 is 15.5 Å². The molecule has 1 aromatic carbocycles. The number of nitro groups is 1. The van der Waals surface area contributed by atoms with Crippen LogP contribution < -0.4 is 0 Å². The van der Waals surface area contributed by atoms with Gasteiger partial charge in [0.05, 0.1) is 4.92 Å². The van der Waals surface area contributed by atoms with Gasteiger partial charge in [-0.15, -0.1) is 11.6 Å². The van der Waals surface area contributed by atoms with Crippen molar-refractivity contribution in [1.82, 2.24) is 0 Å². The van der Waals surface area contributed by atoms with Gasteiger partial charge in [0.25, 0.3) is 5.69 Å². The number of benzene rings is 1. The molecule has 1 atom stereocenters. The van der Waals surface area contributed by atoms with E-state index in [1.807, 2.05) is 0 Å². The zero-order valence-electron chi connectivity index (χ0n) is 7.52. The second-order valence-corrected chi connectivity index (χ2v) is 3.80. The summed E-state index contributed by atoms with van der Waals surface area (Å²) in [4.78, 5) is 20.5. The number of nitro benzene ring substituents is 1. The molecular weight excluding hydrogens is 241 g/mol. The summed E-state index contributed by atoms with van der Waals surface area (Å²) < 4.78 is 0. The number of hydrogen-bond acceptors (Lipinski definition) is 3. The van der Waals surface area contributed by atoms with Crippen LogP contribution in [0.25, 0.3) is 0 Å². The van der Waals surface area contributed by atoms with E-state index in [0.717, 1.165) is 5.56 Å². The molecule has 0 aliphatic heterocycles. The fourth-order valence-electron chi connectivity index (χ4n) is 1.04. The third-order valence-electron chi connectivity index (χ3n) is 1.81. The lowest BCUT2D eigenvalue weighted by Gasteiger charge is -2.03. The maximum Gasteiger partial charge on any atom is 0.269 e. The Balaban J connectivity index is 2.72. The minimum atomic E-state index is -0.798. The lowest BCUT2D eigenvalue weighted by atomic mass is 10.1. The van der Waals surface area contributed by atoms with Crippen LogP contribution in [-0.2, 0) is 11.2 Å². The summed E-state index contributed by atoms with van der Waals surface area (Å²) in [5, 5.41) is 8.92. The molecule has 4 nitrogen and oxygen atoms in total. The number of rotatable bonds is 4. The molecule has 0 aromatic heterocycles. The van der Waals surface area contributed by atoms with Crippen molar-refractivity contribution >= 4 is 34.1 Å². The summed E-state index contributed by atoms with van der Waals surface area (Å²) in [6.07, 6.45) is 0.266. The van der Waals surface area contributed by atoms with Gasteiger partial charge in [0.15, 0.2) is 0 Å². The molecule has 0 spiro atoms. The molecule has 6 heteroatoms. The van der Waals surface area contributed by atoms with E-state index in [2.05, 4.69) is 0 Å². The second-order valence-electron chi connectivity index (χ2n) is 2.90. The van der Waals surface area contributed by atoms with Crippen molar-refractivity contribution in [3.05, 3.63) is 39.9 Å². The molecule has 0 heterocycles. The largest absolute Gasteiger partial charge is 0.280 e. The van der Waals surface area contributed by atoms with Crippen molar-refractivity contribution in [3.8, 4) is 0 Å². The van der Waals surface area contributed by atoms with E-state index in [4.69, 9.17) is 23.2 Å². The van der Waals surface area contributed by atoms with Crippen LogP contribution in [0.15, 0.2) is 24.3 Å². The molecular formula is C9H7Cl2NO3. The van der Waals surface area contributed by atoms with Crippen LogP contribution in [0.4, 0.5) is 5.69 Å². The Morgan fingerprint density at radius 2 is 1.93 bits per heavy atom. The van der Waals surface area contributed by atoms with E-state index in [9.17, 15) is 14.9 Å². The monoisotopic (exact) mass is 247 g/mol. The predicted molar refractivity (Wildman–Crippen MR) is 57.3 cm³/mol. The summed E-state index contributed by atoms with van der Waals surface area (Å²) in [7, 11) is 0. The lowest BCUT2D eigenvalue weighted by Crippen LogP contribution is -2.11. The van der Waals surface area contributed by atoms with Crippen LogP contribution >= 0.6 is 23.2 Å². The molecule has 80 valence electrons. The van der Waals surface area contributed by atoms with Gasteiger partial charge in [0.1, 0.15) is 5.38 Å². The summed E-state index contributed by atoms with van der Waals surface area (Å²) in [6, 6.07) is 5.82. The average Bonchev–Trinajstić information content (AvgIpc) is 2.18. The maximum absolute atomic E-state index is 10.6. The van der Waals surface area contributed by atoms with Crippen LogP contribution in [0.1, 0.15) is 5.56 Å². The molecule has 0 saturated carbocycles. The van der Waals surface area contributed by atoms with E-state index >= 15 is 0 Å². The Hall–Kier alpha value is -1.13. The first-order valence-corrected chi connectivity index (χ1v) is 4.89. The predicted octanol–water partition coefficient (Wildman–Crippen LogP) is 2.51. The van der Waals surface area contributed by atoms with Gasteiger partial charge in [-0.05, 0) is 23.6 Å². The molecule has 0 aliphatic rings. The Morgan fingerprint density at radius 1 is 1.40 bits per heavy atom. The zero-order valence-corrected chi connectivity index (χ0v) is 9.03. The third kappa shape index (κ3) is 3.49. The van der Waals surface area contributed by atoms with Crippen LogP contribution in [0.3, 0.4) is 0 Å². The number of alkyl halides is 1. The molecule has 1 rings (SSSR count). The number of carbonyl (C=O) groups excluding carboxylic acids is 1. The number of carbonyl (C=O) groups is 1. The minimum Gasteiger partial charge on any atom is -0.280 e. The molecule has 0 aliphatic carbocycles. The Bertz CT molecular complexity index is 377. The van der Waals surface area contributed by atoms with Crippen molar-refractivity contribution in [2.75, 3.05) is 0 Å². The third-order valence-corrected chi connectivity index (χ3v) is 2.54. The second kappa shape index (κ2) is 5.09. The van der Waals surface area contributed by atoms with E-state index in [0.29, 0.717) is 0 Å². The van der Waals surface area contributed by atoms with Crippen molar-refractivity contribution in [1.29, 1.82) is 0 Å². The minimum absolute atomic E-state index is 0.00192. The number of non-ortho nitro benzene ring substituents is 1. The molecule has 0 N–H and O–H groups in total. The Kier molecular flexibility index (Phi) is 4.05. The highest BCUT2D eigenvalue weighted by atomic mass is 35.5. The maximum atomic E-state index is 10.6. The molecule has 1 aromatic rings. The SMILES string of the molecule is O=C(Cl)C(Cl)Cc1ccc([N+](=O)[O-])cc1. The topological polar surface area (TPSA) is 60.2 Å². The van der Waals surface area contributed by atoms with Crippen LogP contribution in [0.5, 0.6) is 0 Å². The van der Waals surface area contributed by atoms with Gasteiger partial charge in [-0.1, -0.05) is 12.1 Å². The Morgan fingerprint density at radius 3 is 2.33 bits per heavy atom. The van der Waals surface area contributed by atoms with E-state index in [-0.39, 0.29) is 12.1 Å². The van der Waals surface area contributed by atoms with E-state index in [1.165, 1.54) is 12.1 Å². The highest BCUT2D eigenvalue weighted by Crippen LogP contribution is 2.15. The molecule has 0 saturated heterocycles. The van der Waals surface area contributed by atoms with E-state index in [1.54, 1.807) is 12.1 Å². The summed E-state index contributed by atoms with van der Waals surface area (Å²) in [5.41, 5.74) is 0.733. The fourth-order valence-corrected chi connectivity index (χ4v) is 1.30. The first-order valence-electron chi connectivity index (χ1n) is 4.07. The van der Waals surface area contributed by atoms with Gasteiger partial charge < -0.3 is 0 Å². The summed E-state index contributed by atoms with van der Waals surface area (Å²) >= 11 is 10.8. The number of halogens is 2. The van der Waals surface area contributed by atoms with Crippen molar-refractivity contribution in [2.45, 2.75) is 11.8 Å². The van der Waals surface area contributed by atoms with Gasteiger partial charge in [-0.25, -0.2) is 0 Å². The standard InChI is InChI=1S/C9H7Cl2NO3/c10-8(9(11)13)5-6-1-3-7(4-2-6)12(14)15/h1-4,8H,5H2. The number of nitrogens with zero attached hydrogens (tertiary/aromatic N) is 1. The summed E-state index contributed by atoms with van der Waals surface area (Å²) in [6.45, 7) is 0. The van der Waals surface area contributed by atoms with Crippen molar-refractivity contribution < 1.29 is 9.72 Å². The van der Waals surface area contributed by atoms with Crippen LogP contribution in [-0.4, -0.2) is 15.5 Å². The average molecular weight is 248 g/mol. The lowest BCUT2D eigenvalue weighted by molar-refractivity contribution is -0.384. The van der Waals surface area contributed by atoms with Crippen LogP contribution in [0.2, 0.25) is 0 Å². The first kappa shape index (κ1) is 11.9. The molecule has 0 bridgehead atoms. The smallest absolute Gasteiger partial charge is 0.269 e. The van der Waals surface area contributed by atoms with Crippen LogP contribution in [0, 0.1) is 10.1 Å². The van der Waals surface area contributed by atoms with Crippen molar-refractivity contribution in [2.24, 2.45) is 0 Å². The fraction of sp³-hybridized carbons (Fsp3) is 0.222. The molecule has 15 heavy (non-hydrogen) atoms. The normalized spacial score (nSPS) is 12.1. The highest BCUT2D eigenvalue weighted by Gasteiger charge is 2.13. The number of hydrogen-bond donors (Lipinski definition) is 0. The van der Waals surface area contributed by atoms with Gasteiger partial charge in [0.2, 0.25) is 5.24 Å². The van der Waals surface area contributed by atoms with Crippen molar-refractivity contribution in [3.63, 3.8) is 0 Å². The molecule has 0 amide bonds. The molecule has 0 radical (unpaired) electrons. The van der Waals surface area contributed by atoms with Gasteiger partial charge in [-0.2, -0.15) is 0 Å². The first-order chi connectivity index (χ1) is 7.00. The zero-order chi connectivity index (χ0) is 11.4. The van der Waals surface area contributed by atoms with Gasteiger partial charge in [0, 0.05) is 12.1 Å². The Labute approximate surface area is 95.9 Å². The molecule has 1 unspecified atom stereocenters.